The van der Waals surface area contributed by atoms with Crippen molar-refractivity contribution in [2.45, 2.75) is 6.42 Å². The first-order valence-electron chi connectivity index (χ1n) is 5.23. The summed E-state index contributed by atoms with van der Waals surface area (Å²) in [5, 5.41) is 8.03. The first-order valence-corrected chi connectivity index (χ1v) is 5.23. The Morgan fingerprint density at radius 1 is 0.938 bits per heavy atom. The third kappa shape index (κ3) is 2.28. The number of rotatable bonds is 3. The number of anilines is 1. The molecule has 0 bridgehead atoms. The van der Waals surface area contributed by atoms with Crippen LogP contribution in [0.5, 0.6) is 0 Å². The molecule has 0 aliphatic rings. The highest BCUT2D eigenvalue weighted by Crippen LogP contribution is 2.13. The van der Waals surface area contributed by atoms with Crippen LogP contribution in [0.3, 0.4) is 0 Å². The summed E-state index contributed by atoms with van der Waals surface area (Å²) in [6.45, 7) is 0. The Labute approximate surface area is 95.2 Å². The van der Waals surface area contributed by atoms with Crippen molar-refractivity contribution in [3.05, 3.63) is 65.7 Å². The second kappa shape index (κ2) is 4.62. The van der Waals surface area contributed by atoms with Gasteiger partial charge in [-0.2, -0.15) is 0 Å². The minimum Gasteiger partial charge on any atom is -0.398 e. The lowest BCUT2D eigenvalue weighted by molar-refractivity contribution is 1.28. The molecule has 0 spiro atoms. The van der Waals surface area contributed by atoms with Crippen molar-refractivity contribution in [3.63, 3.8) is 0 Å². The maximum Gasteiger partial charge on any atom is 0.0450 e. The van der Waals surface area contributed by atoms with Crippen molar-refractivity contribution in [1.29, 1.82) is 5.41 Å². The van der Waals surface area contributed by atoms with Crippen LogP contribution in [0.1, 0.15) is 11.1 Å². The van der Waals surface area contributed by atoms with Crippen LogP contribution in [-0.2, 0) is 6.42 Å². The van der Waals surface area contributed by atoms with E-state index in [4.69, 9.17) is 11.1 Å². The van der Waals surface area contributed by atoms with E-state index in [1.807, 2.05) is 54.6 Å². The first-order chi connectivity index (χ1) is 7.77. The van der Waals surface area contributed by atoms with Crippen molar-refractivity contribution in [2.24, 2.45) is 0 Å². The van der Waals surface area contributed by atoms with Crippen molar-refractivity contribution in [2.75, 3.05) is 5.73 Å². The maximum atomic E-state index is 8.03. The second-order valence-corrected chi connectivity index (χ2v) is 3.73. The molecule has 2 aromatic carbocycles. The zero-order chi connectivity index (χ0) is 11.4. The number of nitrogens with one attached hydrogen (secondary N) is 1. The quantitative estimate of drug-likeness (QED) is 0.594. The van der Waals surface area contributed by atoms with E-state index in [1.54, 1.807) is 0 Å². The fraction of sp³-hybridized carbons (Fsp3) is 0.0714. The van der Waals surface area contributed by atoms with Crippen LogP contribution < -0.4 is 5.73 Å². The number of para-hydroxylation sites is 1. The van der Waals surface area contributed by atoms with Gasteiger partial charge < -0.3 is 11.1 Å². The Morgan fingerprint density at radius 2 is 1.56 bits per heavy atom. The average molecular weight is 210 g/mol. The van der Waals surface area contributed by atoms with E-state index in [9.17, 15) is 0 Å². The third-order valence-corrected chi connectivity index (χ3v) is 2.51. The van der Waals surface area contributed by atoms with Gasteiger partial charge in [0.2, 0.25) is 0 Å². The molecule has 0 aliphatic carbocycles. The van der Waals surface area contributed by atoms with Crippen LogP contribution in [0.2, 0.25) is 0 Å². The summed E-state index contributed by atoms with van der Waals surface area (Å²) in [6.07, 6.45) is 0.620. The molecule has 2 rings (SSSR count). The summed E-state index contributed by atoms with van der Waals surface area (Å²) in [6, 6.07) is 17.5. The lowest BCUT2D eigenvalue weighted by Gasteiger charge is -2.07. The molecule has 0 unspecified atom stereocenters. The van der Waals surface area contributed by atoms with Crippen LogP contribution >= 0.6 is 0 Å². The molecule has 0 heterocycles. The van der Waals surface area contributed by atoms with Crippen molar-refractivity contribution in [1.82, 2.24) is 0 Å². The third-order valence-electron chi connectivity index (χ3n) is 2.51. The molecule has 0 atom stereocenters. The minimum absolute atomic E-state index is 0.560. The fourth-order valence-electron chi connectivity index (χ4n) is 1.67. The molecule has 0 amide bonds. The number of nitrogen functional groups attached to an aromatic ring is 1. The fourth-order valence-corrected chi connectivity index (χ4v) is 1.67. The molecule has 0 radical (unpaired) electrons. The molecule has 3 N–H and O–H groups in total. The summed E-state index contributed by atoms with van der Waals surface area (Å²) in [5.41, 5.74) is 9.02. The Hall–Kier alpha value is -2.09. The van der Waals surface area contributed by atoms with Gasteiger partial charge in [0.1, 0.15) is 0 Å². The van der Waals surface area contributed by atoms with Gasteiger partial charge in [0.25, 0.3) is 0 Å². The van der Waals surface area contributed by atoms with Crippen LogP contribution in [0.15, 0.2) is 54.6 Å². The molecule has 0 saturated heterocycles. The van der Waals surface area contributed by atoms with Gasteiger partial charge >= 0.3 is 0 Å². The molecule has 0 saturated carbocycles. The van der Waals surface area contributed by atoms with Gasteiger partial charge in [-0.25, -0.2) is 0 Å². The van der Waals surface area contributed by atoms with E-state index in [1.165, 1.54) is 0 Å². The van der Waals surface area contributed by atoms with Gasteiger partial charge in [-0.05, 0) is 11.6 Å². The molecule has 2 aromatic rings. The van der Waals surface area contributed by atoms with E-state index >= 15 is 0 Å². The smallest absolute Gasteiger partial charge is 0.0450 e. The van der Waals surface area contributed by atoms with Gasteiger partial charge in [0, 0.05) is 23.4 Å². The summed E-state index contributed by atoms with van der Waals surface area (Å²) in [4.78, 5) is 0. The van der Waals surface area contributed by atoms with Gasteiger partial charge in [-0.1, -0.05) is 48.5 Å². The maximum absolute atomic E-state index is 8.03. The number of hydrogen-bond donors (Lipinski definition) is 2. The Kier molecular flexibility index (Phi) is 3.01. The first kappa shape index (κ1) is 10.4. The van der Waals surface area contributed by atoms with Crippen molar-refractivity contribution < 1.29 is 0 Å². The van der Waals surface area contributed by atoms with Gasteiger partial charge in [-0.15, -0.1) is 0 Å². The average Bonchev–Trinajstić information content (AvgIpc) is 2.31. The monoisotopic (exact) mass is 210 g/mol. The lowest BCUT2D eigenvalue weighted by Crippen LogP contribution is -2.06. The minimum atomic E-state index is 0.560. The SMILES string of the molecule is N=C(Cc1ccccc1)c1ccccc1N. The molecule has 16 heavy (non-hydrogen) atoms. The van der Waals surface area contributed by atoms with Crippen LogP contribution in [0.4, 0.5) is 5.69 Å². The molecule has 0 aromatic heterocycles. The summed E-state index contributed by atoms with van der Waals surface area (Å²) in [5.74, 6) is 0. The summed E-state index contributed by atoms with van der Waals surface area (Å²) >= 11 is 0. The van der Waals surface area contributed by atoms with Crippen LogP contribution in [0, 0.1) is 5.41 Å². The highest BCUT2D eigenvalue weighted by atomic mass is 14.6. The Morgan fingerprint density at radius 3 is 2.25 bits per heavy atom. The number of benzene rings is 2. The largest absolute Gasteiger partial charge is 0.398 e. The van der Waals surface area contributed by atoms with E-state index < -0.39 is 0 Å². The van der Waals surface area contributed by atoms with Gasteiger partial charge in [0.15, 0.2) is 0 Å². The standard InChI is InChI=1S/C14H14N2/c15-13-9-5-4-8-12(13)14(16)10-11-6-2-1-3-7-11/h1-9,16H,10,15H2. The highest BCUT2D eigenvalue weighted by molar-refractivity contribution is 6.03. The lowest BCUT2D eigenvalue weighted by atomic mass is 10.0. The molecule has 80 valence electrons. The van der Waals surface area contributed by atoms with Crippen LogP contribution in [-0.4, -0.2) is 5.71 Å². The predicted molar refractivity (Wildman–Crippen MR) is 67.8 cm³/mol. The normalized spacial score (nSPS) is 10.0. The van der Waals surface area contributed by atoms with Crippen LogP contribution in [0.25, 0.3) is 0 Å². The summed E-state index contributed by atoms with van der Waals surface area (Å²) in [7, 11) is 0. The van der Waals surface area contributed by atoms with E-state index in [2.05, 4.69) is 0 Å². The number of hydrogen-bond acceptors (Lipinski definition) is 2. The van der Waals surface area contributed by atoms with E-state index in [-0.39, 0.29) is 0 Å². The zero-order valence-electron chi connectivity index (χ0n) is 8.98. The van der Waals surface area contributed by atoms with E-state index in [0.29, 0.717) is 17.8 Å². The van der Waals surface area contributed by atoms with Gasteiger partial charge in [0.05, 0.1) is 0 Å². The second-order valence-electron chi connectivity index (χ2n) is 3.73. The topological polar surface area (TPSA) is 49.9 Å². The number of nitrogens with two attached hydrogens (primary N) is 1. The molecule has 2 heteroatoms. The molecule has 0 fully saturated rings. The van der Waals surface area contributed by atoms with E-state index in [0.717, 1.165) is 11.1 Å². The van der Waals surface area contributed by atoms with Crippen molar-refractivity contribution in [3.8, 4) is 0 Å². The van der Waals surface area contributed by atoms with Gasteiger partial charge in [-0.3, -0.25) is 0 Å². The molecular weight excluding hydrogens is 196 g/mol. The predicted octanol–water partition coefficient (Wildman–Crippen LogP) is 2.88. The summed E-state index contributed by atoms with van der Waals surface area (Å²) < 4.78 is 0. The molecular formula is C14H14N2. The molecule has 0 aliphatic heterocycles. The Bertz CT molecular complexity index is 489. The van der Waals surface area contributed by atoms with Crippen molar-refractivity contribution >= 4 is 11.4 Å². The highest BCUT2D eigenvalue weighted by Gasteiger charge is 2.05. The molecule has 2 nitrogen and oxygen atoms in total. The zero-order valence-corrected chi connectivity index (χ0v) is 8.98. The Balaban J connectivity index is 2.19.